The zero-order chi connectivity index (χ0) is 17.0. The van der Waals surface area contributed by atoms with Crippen molar-refractivity contribution in [2.75, 3.05) is 5.06 Å². The normalized spacial score (nSPS) is 27.8. The summed E-state index contributed by atoms with van der Waals surface area (Å²) in [5.41, 5.74) is 0.593. The summed E-state index contributed by atoms with van der Waals surface area (Å²) < 4.78 is 0.674. The second kappa shape index (κ2) is 5.39. The number of carbonyl (C=O) groups excluding carboxylic acids is 2. The van der Waals surface area contributed by atoms with Crippen LogP contribution in [0, 0.1) is 23.7 Å². The lowest BCUT2D eigenvalue weighted by molar-refractivity contribution is -0.134. The molecule has 4 rings (SSSR count). The maximum Gasteiger partial charge on any atom is 0.257 e. The van der Waals surface area contributed by atoms with E-state index in [9.17, 15) is 19.9 Å². The van der Waals surface area contributed by atoms with Crippen molar-refractivity contribution in [2.45, 2.75) is 13.3 Å². The van der Waals surface area contributed by atoms with Crippen molar-refractivity contribution < 1.29 is 19.9 Å². The number of thiazole rings is 1. The van der Waals surface area contributed by atoms with Crippen molar-refractivity contribution in [3.63, 3.8) is 0 Å². The van der Waals surface area contributed by atoms with Gasteiger partial charge in [0.05, 0.1) is 16.1 Å². The van der Waals surface area contributed by atoms with Gasteiger partial charge >= 0.3 is 0 Å². The summed E-state index contributed by atoms with van der Waals surface area (Å²) in [6.45, 7) is 1.50. The number of hydrogen-bond donors (Lipinski definition) is 2. The van der Waals surface area contributed by atoms with Crippen LogP contribution >= 0.6 is 11.3 Å². The lowest BCUT2D eigenvalue weighted by atomic mass is 9.80. The number of aromatic hydroxyl groups is 1. The number of rotatable bonds is 3. The topological polar surface area (TPSA) is 90.7 Å². The van der Waals surface area contributed by atoms with Crippen LogP contribution in [0.15, 0.2) is 30.4 Å². The molecule has 4 atom stereocenters. The van der Waals surface area contributed by atoms with E-state index in [4.69, 9.17) is 0 Å². The number of carbonyl (C=O) groups is 2. The third-order valence-corrected chi connectivity index (χ3v) is 5.96. The molecule has 2 unspecified atom stereocenters. The van der Waals surface area contributed by atoms with Gasteiger partial charge in [-0.1, -0.05) is 23.5 Å². The van der Waals surface area contributed by atoms with Gasteiger partial charge < -0.3 is 5.11 Å². The van der Waals surface area contributed by atoms with Crippen LogP contribution in [0.4, 0.5) is 5.13 Å². The van der Waals surface area contributed by atoms with Gasteiger partial charge in [-0.15, -0.1) is 0 Å². The number of allylic oxidation sites excluding steroid dienone is 2. The van der Waals surface area contributed by atoms with Gasteiger partial charge in [0.15, 0.2) is 0 Å². The Morgan fingerprint density at radius 2 is 1.96 bits per heavy atom. The first-order valence-corrected chi connectivity index (χ1v) is 8.58. The lowest BCUT2D eigenvalue weighted by Gasteiger charge is -2.27. The minimum atomic E-state index is -0.539. The molecule has 0 aliphatic heterocycles. The van der Waals surface area contributed by atoms with E-state index in [1.54, 1.807) is 6.07 Å². The average Bonchev–Trinajstić information content (AvgIpc) is 3.25. The number of phenolic OH excluding ortho intramolecular Hbond substituents is 1. The summed E-state index contributed by atoms with van der Waals surface area (Å²) in [6.07, 6.45) is 4.75. The highest BCUT2D eigenvalue weighted by Crippen LogP contribution is 2.49. The predicted octanol–water partition coefficient (Wildman–Crippen LogP) is 2.75. The molecule has 1 heterocycles. The standard InChI is InChI=1S/C17H16N2O4S/c1-8(20)14-9-2-3-10(6-9)15(14)16(22)19(23)17-18-12-5-4-11(21)7-13(12)24-17/h2-5,7,9-10,14-15,21,23H,6H2,1H3/t9?,10?,14-,15+/m0/s1. The van der Waals surface area contributed by atoms with Gasteiger partial charge in [-0.2, -0.15) is 5.06 Å². The predicted molar refractivity (Wildman–Crippen MR) is 89.0 cm³/mol. The van der Waals surface area contributed by atoms with E-state index < -0.39 is 11.8 Å². The molecule has 2 aromatic rings. The molecule has 24 heavy (non-hydrogen) atoms. The van der Waals surface area contributed by atoms with Crippen LogP contribution in [0.25, 0.3) is 10.2 Å². The molecular formula is C17H16N2O4S. The summed E-state index contributed by atoms with van der Waals surface area (Å²) in [5, 5.41) is 20.6. The number of phenols is 1. The third kappa shape index (κ3) is 2.23. The second-order valence-corrected chi connectivity index (χ2v) is 7.42. The number of anilines is 1. The minimum absolute atomic E-state index is 0.00975. The summed E-state index contributed by atoms with van der Waals surface area (Å²) in [6, 6.07) is 4.66. The first-order valence-electron chi connectivity index (χ1n) is 7.77. The van der Waals surface area contributed by atoms with Crippen LogP contribution in [0.5, 0.6) is 5.75 Å². The van der Waals surface area contributed by atoms with Crippen LogP contribution in [-0.4, -0.2) is 27.0 Å². The molecule has 1 aromatic carbocycles. The molecule has 6 nitrogen and oxygen atoms in total. The molecule has 1 amide bonds. The van der Waals surface area contributed by atoms with Crippen molar-refractivity contribution in [1.29, 1.82) is 0 Å². The molecule has 0 spiro atoms. The molecule has 2 N–H and O–H groups in total. The second-order valence-electron chi connectivity index (χ2n) is 6.41. The monoisotopic (exact) mass is 344 g/mol. The first-order chi connectivity index (χ1) is 11.5. The number of amides is 1. The number of Topliss-reactive ketones (excluding diaryl/α,β-unsaturated/α-hetero) is 1. The zero-order valence-corrected chi connectivity index (χ0v) is 13.7. The fourth-order valence-electron chi connectivity index (χ4n) is 3.94. The molecule has 1 saturated carbocycles. The van der Waals surface area contributed by atoms with Crippen molar-refractivity contribution >= 4 is 38.4 Å². The Labute approximate surface area is 142 Å². The van der Waals surface area contributed by atoms with Crippen LogP contribution < -0.4 is 5.06 Å². The Bertz CT molecular complexity index is 875. The molecular weight excluding hydrogens is 328 g/mol. The van der Waals surface area contributed by atoms with Crippen molar-refractivity contribution in [1.82, 2.24) is 4.98 Å². The van der Waals surface area contributed by atoms with Gasteiger partial charge in [0.1, 0.15) is 11.5 Å². The molecule has 1 fully saturated rings. The number of hydrogen-bond acceptors (Lipinski definition) is 6. The van der Waals surface area contributed by atoms with Crippen LogP contribution in [0.2, 0.25) is 0 Å². The Morgan fingerprint density at radius 1 is 1.25 bits per heavy atom. The third-order valence-electron chi connectivity index (χ3n) is 4.96. The van der Waals surface area contributed by atoms with Crippen LogP contribution in [-0.2, 0) is 9.59 Å². The molecule has 124 valence electrons. The van der Waals surface area contributed by atoms with E-state index >= 15 is 0 Å². The van der Waals surface area contributed by atoms with E-state index in [1.807, 2.05) is 12.2 Å². The SMILES string of the molecule is CC(=O)[C@H]1C2C=CC(C2)[C@H]1C(=O)N(O)c1nc2ccc(O)cc2s1. The largest absolute Gasteiger partial charge is 0.508 e. The molecule has 0 radical (unpaired) electrons. The highest BCUT2D eigenvalue weighted by Gasteiger charge is 2.51. The van der Waals surface area contributed by atoms with E-state index in [0.29, 0.717) is 15.3 Å². The number of benzene rings is 1. The number of ketones is 1. The van der Waals surface area contributed by atoms with E-state index in [-0.39, 0.29) is 34.4 Å². The summed E-state index contributed by atoms with van der Waals surface area (Å²) in [4.78, 5) is 29.0. The maximum absolute atomic E-state index is 12.8. The molecule has 1 aromatic heterocycles. The maximum atomic E-state index is 12.8. The number of nitrogens with zero attached hydrogens (tertiary/aromatic N) is 2. The summed E-state index contributed by atoms with van der Waals surface area (Å²) in [5.74, 6) is -1.25. The van der Waals surface area contributed by atoms with Gasteiger partial charge in [0, 0.05) is 5.92 Å². The molecule has 2 aliphatic rings. The molecule has 0 saturated heterocycles. The Kier molecular flexibility index (Phi) is 3.43. The molecule has 7 heteroatoms. The fraction of sp³-hybridized carbons (Fsp3) is 0.353. The van der Waals surface area contributed by atoms with Crippen molar-refractivity contribution in [2.24, 2.45) is 23.7 Å². The molecule has 2 bridgehead atoms. The van der Waals surface area contributed by atoms with Crippen LogP contribution in [0.3, 0.4) is 0 Å². The quantitative estimate of drug-likeness (QED) is 0.507. The smallest absolute Gasteiger partial charge is 0.257 e. The Balaban J connectivity index is 1.65. The highest BCUT2D eigenvalue weighted by atomic mass is 32.1. The molecule has 2 aliphatic carbocycles. The minimum Gasteiger partial charge on any atom is -0.508 e. The summed E-state index contributed by atoms with van der Waals surface area (Å²) in [7, 11) is 0. The van der Waals surface area contributed by atoms with Gasteiger partial charge in [-0.05, 0) is 43.4 Å². The van der Waals surface area contributed by atoms with Crippen molar-refractivity contribution in [3.8, 4) is 5.75 Å². The van der Waals surface area contributed by atoms with E-state index in [0.717, 1.165) is 17.8 Å². The van der Waals surface area contributed by atoms with Crippen LogP contribution in [0.1, 0.15) is 13.3 Å². The fourth-order valence-corrected chi connectivity index (χ4v) is 4.86. The van der Waals surface area contributed by atoms with Gasteiger partial charge in [-0.25, -0.2) is 4.98 Å². The van der Waals surface area contributed by atoms with E-state index in [1.165, 1.54) is 19.1 Å². The lowest BCUT2D eigenvalue weighted by Crippen LogP contribution is -2.41. The Morgan fingerprint density at radius 3 is 2.67 bits per heavy atom. The van der Waals surface area contributed by atoms with Gasteiger partial charge in [0.25, 0.3) is 5.91 Å². The van der Waals surface area contributed by atoms with E-state index in [2.05, 4.69) is 4.98 Å². The van der Waals surface area contributed by atoms with Gasteiger partial charge in [-0.3, -0.25) is 14.8 Å². The summed E-state index contributed by atoms with van der Waals surface area (Å²) >= 11 is 1.12. The number of hydroxylamine groups is 1. The van der Waals surface area contributed by atoms with Crippen molar-refractivity contribution in [3.05, 3.63) is 30.4 Å². The first kappa shape index (κ1) is 15.3. The zero-order valence-electron chi connectivity index (χ0n) is 12.9. The average molecular weight is 344 g/mol. The number of aromatic nitrogens is 1. The Hall–Kier alpha value is -2.25. The van der Waals surface area contributed by atoms with Gasteiger partial charge in [0.2, 0.25) is 5.13 Å². The highest BCUT2D eigenvalue weighted by molar-refractivity contribution is 7.22. The number of fused-ring (bicyclic) bond motifs is 3.